The fourth-order valence-electron chi connectivity index (χ4n) is 2.09. The molecule has 2 aromatic carbocycles. The van der Waals surface area contributed by atoms with Gasteiger partial charge in [-0.1, -0.05) is 35.3 Å². The lowest BCUT2D eigenvalue weighted by Crippen LogP contribution is -2.25. The molecule has 0 amide bonds. The van der Waals surface area contributed by atoms with Crippen LogP contribution in [0, 0.1) is 0 Å². The van der Waals surface area contributed by atoms with Crippen LogP contribution in [0.5, 0.6) is 5.75 Å². The second-order valence-electron chi connectivity index (χ2n) is 4.93. The number of hydrogen-bond acceptors (Lipinski definition) is 3. The number of halogens is 2. The summed E-state index contributed by atoms with van der Waals surface area (Å²) in [5.41, 5.74) is 1.09. The Kier molecular flexibility index (Phi) is 6.30. The van der Waals surface area contributed by atoms with Gasteiger partial charge in [0.15, 0.2) is 0 Å². The Morgan fingerprint density at radius 3 is 2.65 bits per heavy atom. The van der Waals surface area contributed by atoms with Crippen molar-refractivity contribution in [3.8, 4) is 5.75 Å². The maximum Gasteiger partial charge on any atom is 0.242 e. The van der Waals surface area contributed by atoms with Gasteiger partial charge in [-0.25, -0.2) is 13.1 Å². The second kappa shape index (κ2) is 8.02. The van der Waals surface area contributed by atoms with Gasteiger partial charge in [-0.15, -0.1) is 0 Å². The van der Waals surface area contributed by atoms with Crippen LogP contribution in [0.15, 0.2) is 47.4 Å². The summed E-state index contributed by atoms with van der Waals surface area (Å²) >= 11 is 11.8. The number of aryl methyl sites for hydroxylation is 1. The molecule has 124 valence electrons. The van der Waals surface area contributed by atoms with Crippen LogP contribution < -0.4 is 9.46 Å². The van der Waals surface area contributed by atoms with Gasteiger partial charge in [-0.05, 0) is 48.7 Å². The van der Waals surface area contributed by atoms with Crippen molar-refractivity contribution < 1.29 is 13.2 Å². The molecule has 23 heavy (non-hydrogen) atoms. The molecule has 7 heteroatoms. The molecule has 0 saturated carbocycles. The summed E-state index contributed by atoms with van der Waals surface area (Å²) in [5.74, 6) is 0.786. The number of methoxy groups -OCH3 is 1. The van der Waals surface area contributed by atoms with Gasteiger partial charge in [-0.3, -0.25) is 0 Å². The Bertz CT molecular complexity index is 779. The van der Waals surface area contributed by atoms with Crippen LogP contribution in [0.3, 0.4) is 0 Å². The number of benzene rings is 2. The Hall–Kier alpha value is -1.27. The summed E-state index contributed by atoms with van der Waals surface area (Å²) in [6.45, 7) is 0.308. The molecule has 0 aromatic heterocycles. The van der Waals surface area contributed by atoms with Gasteiger partial charge in [0, 0.05) is 11.6 Å². The van der Waals surface area contributed by atoms with E-state index in [4.69, 9.17) is 27.9 Å². The lowest BCUT2D eigenvalue weighted by Gasteiger charge is -2.09. The van der Waals surface area contributed by atoms with Gasteiger partial charge in [-0.2, -0.15) is 0 Å². The molecule has 4 nitrogen and oxygen atoms in total. The van der Waals surface area contributed by atoms with E-state index in [1.165, 1.54) is 12.1 Å². The maximum absolute atomic E-state index is 12.2. The van der Waals surface area contributed by atoms with E-state index in [9.17, 15) is 8.42 Å². The SMILES string of the molecule is COc1cccc(CCCNS(=O)(=O)c2cc(Cl)ccc2Cl)c1. The van der Waals surface area contributed by atoms with Crippen LogP contribution in [-0.2, 0) is 16.4 Å². The van der Waals surface area contributed by atoms with E-state index >= 15 is 0 Å². The fraction of sp³-hybridized carbons (Fsp3) is 0.250. The average molecular weight is 374 g/mol. The number of nitrogens with one attached hydrogen (secondary N) is 1. The van der Waals surface area contributed by atoms with Crippen LogP contribution >= 0.6 is 23.2 Å². The lowest BCUT2D eigenvalue weighted by atomic mass is 10.1. The first-order valence-electron chi connectivity index (χ1n) is 7.00. The Balaban J connectivity index is 1.93. The molecular weight excluding hydrogens is 357 g/mol. The third-order valence-corrected chi connectivity index (χ3v) is 5.43. The topological polar surface area (TPSA) is 55.4 Å². The maximum atomic E-state index is 12.2. The van der Waals surface area contributed by atoms with Gasteiger partial charge in [0.05, 0.1) is 12.1 Å². The summed E-state index contributed by atoms with van der Waals surface area (Å²) in [5, 5.41) is 0.473. The minimum atomic E-state index is -3.67. The van der Waals surface area contributed by atoms with Crippen molar-refractivity contribution in [2.75, 3.05) is 13.7 Å². The molecule has 0 radical (unpaired) electrons. The summed E-state index contributed by atoms with van der Waals surface area (Å²) in [6.07, 6.45) is 1.40. The van der Waals surface area contributed by atoms with Crippen molar-refractivity contribution in [3.63, 3.8) is 0 Å². The van der Waals surface area contributed by atoms with E-state index in [2.05, 4.69) is 4.72 Å². The summed E-state index contributed by atoms with van der Waals surface area (Å²) in [7, 11) is -2.06. The molecule has 2 aromatic rings. The van der Waals surface area contributed by atoms with Crippen molar-refractivity contribution in [3.05, 3.63) is 58.1 Å². The minimum Gasteiger partial charge on any atom is -0.497 e. The zero-order chi connectivity index (χ0) is 16.9. The highest BCUT2D eigenvalue weighted by Crippen LogP contribution is 2.24. The lowest BCUT2D eigenvalue weighted by molar-refractivity contribution is 0.414. The van der Waals surface area contributed by atoms with Gasteiger partial charge in [0.2, 0.25) is 10.0 Å². The molecule has 0 saturated heterocycles. The van der Waals surface area contributed by atoms with Crippen molar-refractivity contribution in [2.24, 2.45) is 0 Å². The fourth-order valence-corrected chi connectivity index (χ4v) is 3.92. The quantitative estimate of drug-likeness (QED) is 0.748. The van der Waals surface area contributed by atoms with E-state index in [0.29, 0.717) is 18.0 Å². The number of hydrogen-bond donors (Lipinski definition) is 1. The zero-order valence-electron chi connectivity index (χ0n) is 12.6. The van der Waals surface area contributed by atoms with Crippen LogP contribution in [0.25, 0.3) is 0 Å². The van der Waals surface area contributed by atoms with Gasteiger partial charge < -0.3 is 4.74 Å². The standard InChI is InChI=1S/C16H17Cl2NO3S/c1-22-14-6-2-4-12(10-14)5-3-9-19-23(20,21)16-11-13(17)7-8-15(16)18/h2,4,6-8,10-11,19H,3,5,9H2,1H3. The first kappa shape index (κ1) is 18.1. The van der Waals surface area contributed by atoms with Crippen molar-refractivity contribution in [1.29, 1.82) is 0 Å². The van der Waals surface area contributed by atoms with E-state index < -0.39 is 10.0 Å². The molecular formula is C16H17Cl2NO3S. The highest BCUT2D eigenvalue weighted by atomic mass is 35.5. The third kappa shape index (κ3) is 5.11. The predicted molar refractivity (Wildman–Crippen MR) is 93.0 cm³/mol. The predicted octanol–water partition coefficient (Wildman–Crippen LogP) is 3.91. The van der Waals surface area contributed by atoms with E-state index in [-0.39, 0.29) is 9.92 Å². The number of sulfonamides is 1. The van der Waals surface area contributed by atoms with Gasteiger partial charge >= 0.3 is 0 Å². The smallest absolute Gasteiger partial charge is 0.242 e. The van der Waals surface area contributed by atoms with Crippen LogP contribution in [0.1, 0.15) is 12.0 Å². The van der Waals surface area contributed by atoms with Crippen molar-refractivity contribution in [1.82, 2.24) is 4.72 Å². The Morgan fingerprint density at radius 2 is 1.91 bits per heavy atom. The van der Waals surface area contributed by atoms with Crippen LogP contribution in [0.4, 0.5) is 0 Å². The molecule has 0 aliphatic carbocycles. The molecule has 1 N–H and O–H groups in total. The molecule has 0 atom stereocenters. The summed E-state index contributed by atoms with van der Waals surface area (Å²) in [6, 6.07) is 12.0. The second-order valence-corrected chi connectivity index (χ2v) is 7.51. The average Bonchev–Trinajstić information content (AvgIpc) is 2.54. The van der Waals surface area contributed by atoms with Crippen LogP contribution in [-0.4, -0.2) is 22.1 Å². The molecule has 0 unspecified atom stereocenters. The van der Waals surface area contributed by atoms with E-state index in [0.717, 1.165) is 17.7 Å². The number of rotatable bonds is 7. The Morgan fingerprint density at radius 1 is 1.13 bits per heavy atom. The molecule has 0 heterocycles. The summed E-state index contributed by atoms with van der Waals surface area (Å²) < 4.78 is 32.2. The van der Waals surface area contributed by atoms with Gasteiger partial charge in [0.1, 0.15) is 10.6 Å². The highest BCUT2D eigenvalue weighted by molar-refractivity contribution is 7.89. The number of ether oxygens (including phenoxy) is 1. The zero-order valence-corrected chi connectivity index (χ0v) is 14.9. The molecule has 0 fully saturated rings. The minimum absolute atomic E-state index is 0.00644. The highest BCUT2D eigenvalue weighted by Gasteiger charge is 2.17. The largest absolute Gasteiger partial charge is 0.497 e. The third-order valence-electron chi connectivity index (χ3n) is 3.25. The van der Waals surface area contributed by atoms with Crippen LogP contribution in [0.2, 0.25) is 10.0 Å². The monoisotopic (exact) mass is 373 g/mol. The molecule has 2 rings (SSSR count). The van der Waals surface area contributed by atoms with Crippen molar-refractivity contribution >= 4 is 33.2 Å². The molecule has 0 bridgehead atoms. The summed E-state index contributed by atoms with van der Waals surface area (Å²) in [4.78, 5) is -0.00644. The molecule has 0 aliphatic heterocycles. The van der Waals surface area contributed by atoms with E-state index in [1.54, 1.807) is 13.2 Å². The normalized spacial score (nSPS) is 11.4. The Labute approximate surface area is 146 Å². The molecule has 0 spiro atoms. The first-order valence-corrected chi connectivity index (χ1v) is 9.24. The molecule has 0 aliphatic rings. The van der Waals surface area contributed by atoms with Gasteiger partial charge in [0.25, 0.3) is 0 Å². The first-order chi connectivity index (χ1) is 10.9. The van der Waals surface area contributed by atoms with Crippen molar-refractivity contribution in [2.45, 2.75) is 17.7 Å². The van der Waals surface area contributed by atoms with E-state index in [1.807, 2.05) is 24.3 Å².